The maximum atomic E-state index is 12.2. The van der Waals surface area contributed by atoms with Crippen molar-refractivity contribution >= 4 is 17.5 Å². The zero-order valence-electron chi connectivity index (χ0n) is 12.9. The van der Waals surface area contributed by atoms with E-state index in [0.29, 0.717) is 18.0 Å². The largest absolute Gasteiger partial charge is 0.387 e. The second-order valence-electron chi connectivity index (χ2n) is 6.31. The lowest BCUT2D eigenvalue weighted by molar-refractivity contribution is -0.124. The minimum Gasteiger partial charge on any atom is -0.387 e. The number of benzene rings is 1. The molecule has 22 heavy (non-hydrogen) atoms. The van der Waals surface area contributed by atoms with Gasteiger partial charge in [-0.15, -0.1) is 0 Å². The van der Waals surface area contributed by atoms with Crippen molar-refractivity contribution in [2.75, 3.05) is 13.1 Å². The van der Waals surface area contributed by atoms with Crippen molar-refractivity contribution in [2.24, 2.45) is 11.1 Å². The van der Waals surface area contributed by atoms with Gasteiger partial charge in [-0.2, -0.15) is 0 Å². The number of halogens is 1. The average Bonchev–Trinajstić information content (AvgIpc) is 2.54. The maximum Gasteiger partial charge on any atom is 0.220 e. The van der Waals surface area contributed by atoms with Crippen LogP contribution in [0.5, 0.6) is 0 Å². The van der Waals surface area contributed by atoms with Gasteiger partial charge in [0.25, 0.3) is 0 Å². The quantitative estimate of drug-likeness (QED) is 0.753. The molecule has 1 aromatic carbocycles. The van der Waals surface area contributed by atoms with Crippen LogP contribution in [0.2, 0.25) is 5.02 Å². The first-order valence-corrected chi connectivity index (χ1v) is 8.33. The van der Waals surface area contributed by atoms with E-state index >= 15 is 0 Å². The molecular weight excluding hydrogens is 300 g/mol. The van der Waals surface area contributed by atoms with Gasteiger partial charge < -0.3 is 16.2 Å². The highest BCUT2D eigenvalue weighted by Crippen LogP contribution is 2.38. The number of aliphatic hydroxyl groups excluding tert-OH is 1. The summed E-state index contributed by atoms with van der Waals surface area (Å²) >= 11 is 5.82. The van der Waals surface area contributed by atoms with Crippen LogP contribution in [0.4, 0.5) is 0 Å². The van der Waals surface area contributed by atoms with Crippen molar-refractivity contribution in [3.8, 4) is 0 Å². The Balaban J connectivity index is 1.82. The van der Waals surface area contributed by atoms with Crippen LogP contribution in [-0.2, 0) is 4.79 Å². The highest BCUT2D eigenvalue weighted by Gasteiger charge is 2.32. The number of rotatable bonds is 6. The van der Waals surface area contributed by atoms with Gasteiger partial charge in [-0.3, -0.25) is 4.79 Å². The van der Waals surface area contributed by atoms with Gasteiger partial charge in [0.15, 0.2) is 0 Å². The molecule has 0 bridgehead atoms. The molecule has 122 valence electrons. The molecule has 1 atom stereocenters. The number of nitrogens with two attached hydrogens (primary N) is 1. The topological polar surface area (TPSA) is 75.4 Å². The SMILES string of the molecule is NCC1(CC(=O)NCC(O)c2ccc(Cl)cc2)CCCCC1. The molecule has 1 amide bonds. The number of amides is 1. The van der Waals surface area contributed by atoms with Gasteiger partial charge in [0.05, 0.1) is 6.10 Å². The molecule has 1 aliphatic carbocycles. The summed E-state index contributed by atoms with van der Waals surface area (Å²) in [5.74, 6) is -0.0274. The standard InChI is InChI=1S/C17H25ClN2O2/c18-14-6-4-13(5-7-14)15(21)11-20-16(22)10-17(12-19)8-2-1-3-9-17/h4-7,15,21H,1-3,8-12,19H2,(H,20,22). The third kappa shape index (κ3) is 4.70. The van der Waals surface area contributed by atoms with E-state index in [1.54, 1.807) is 24.3 Å². The van der Waals surface area contributed by atoms with Crippen LogP contribution in [0.15, 0.2) is 24.3 Å². The first-order chi connectivity index (χ1) is 10.5. The van der Waals surface area contributed by atoms with E-state index in [-0.39, 0.29) is 17.9 Å². The fourth-order valence-corrected chi connectivity index (χ4v) is 3.30. The van der Waals surface area contributed by atoms with E-state index < -0.39 is 6.10 Å². The lowest BCUT2D eigenvalue weighted by Crippen LogP contribution is -2.39. The normalized spacial score (nSPS) is 18.7. The van der Waals surface area contributed by atoms with Gasteiger partial charge in [-0.05, 0) is 42.5 Å². The Kier molecular flexibility index (Phi) is 6.24. The third-order valence-corrected chi connectivity index (χ3v) is 4.88. The molecule has 0 aliphatic heterocycles. The van der Waals surface area contributed by atoms with Crippen LogP contribution in [0, 0.1) is 5.41 Å². The molecule has 5 heteroatoms. The van der Waals surface area contributed by atoms with E-state index in [2.05, 4.69) is 5.32 Å². The van der Waals surface area contributed by atoms with Crippen LogP contribution in [0.1, 0.15) is 50.2 Å². The van der Waals surface area contributed by atoms with Gasteiger partial charge in [0, 0.05) is 18.0 Å². The summed E-state index contributed by atoms with van der Waals surface area (Å²) in [4.78, 5) is 12.2. The highest BCUT2D eigenvalue weighted by molar-refractivity contribution is 6.30. The minimum atomic E-state index is -0.721. The number of carbonyl (C=O) groups is 1. The highest BCUT2D eigenvalue weighted by atomic mass is 35.5. The summed E-state index contributed by atoms with van der Waals surface area (Å²) in [6.45, 7) is 0.765. The zero-order valence-corrected chi connectivity index (χ0v) is 13.6. The molecule has 1 aliphatic rings. The lowest BCUT2D eigenvalue weighted by atomic mass is 9.71. The summed E-state index contributed by atoms with van der Waals surface area (Å²) in [7, 11) is 0. The van der Waals surface area contributed by atoms with Crippen LogP contribution >= 0.6 is 11.6 Å². The number of hydrogen-bond acceptors (Lipinski definition) is 3. The van der Waals surface area contributed by atoms with Crippen LogP contribution in [0.3, 0.4) is 0 Å². The molecular formula is C17H25ClN2O2. The average molecular weight is 325 g/mol. The maximum absolute atomic E-state index is 12.2. The fraction of sp³-hybridized carbons (Fsp3) is 0.588. The summed E-state index contributed by atoms with van der Waals surface area (Å²) in [6.07, 6.45) is 5.32. The second-order valence-corrected chi connectivity index (χ2v) is 6.75. The monoisotopic (exact) mass is 324 g/mol. The second kappa shape index (κ2) is 7.95. The molecule has 4 nitrogen and oxygen atoms in total. The molecule has 1 aromatic rings. The van der Waals surface area contributed by atoms with Crippen molar-refractivity contribution in [3.63, 3.8) is 0 Å². The number of aliphatic hydroxyl groups is 1. The fourth-order valence-electron chi connectivity index (χ4n) is 3.17. The summed E-state index contributed by atoms with van der Waals surface area (Å²) in [6, 6.07) is 6.99. The molecule has 0 aromatic heterocycles. The van der Waals surface area contributed by atoms with Crippen molar-refractivity contribution in [1.29, 1.82) is 0 Å². The Bertz CT molecular complexity index is 484. The van der Waals surface area contributed by atoms with E-state index in [1.165, 1.54) is 6.42 Å². The number of carbonyl (C=O) groups excluding carboxylic acids is 1. The molecule has 1 saturated carbocycles. The molecule has 0 spiro atoms. The zero-order chi connectivity index (χ0) is 16.0. The van der Waals surface area contributed by atoms with Crippen molar-refractivity contribution in [2.45, 2.75) is 44.6 Å². The molecule has 0 saturated heterocycles. The first kappa shape index (κ1) is 17.3. The Labute approximate surface area is 137 Å². The lowest BCUT2D eigenvalue weighted by Gasteiger charge is -2.35. The van der Waals surface area contributed by atoms with E-state index in [0.717, 1.165) is 31.2 Å². The van der Waals surface area contributed by atoms with Gasteiger partial charge in [0.1, 0.15) is 0 Å². The van der Waals surface area contributed by atoms with Crippen molar-refractivity contribution in [3.05, 3.63) is 34.9 Å². The molecule has 1 fully saturated rings. The van der Waals surface area contributed by atoms with E-state index in [9.17, 15) is 9.90 Å². The van der Waals surface area contributed by atoms with Crippen LogP contribution < -0.4 is 11.1 Å². The molecule has 0 radical (unpaired) electrons. The van der Waals surface area contributed by atoms with E-state index in [4.69, 9.17) is 17.3 Å². The van der Waals surface area contributed by atoms with Gasteiger partial charge in [-0.1, -0.05) is 43.0 Å². The Morgan fingerprint density at radius 3 is 2.50 bits per heavy atom. The van der Waals surface area contributed by atoms with Gasteiger partial charge >= 0.3 is 0 Å². The smallest absolute Gasteiger partial charge is 0.220 e. The predicted molar refractivity (Wildman–Crippen MR) is 88.6 cm³/mol. The molecule has 1 unspecified atom stereocenters. The molecule has 0 heterocycles. The number of nitrogens with one attached hydrogen (secondary N) is 1. The predicted octanol–water partition coefficient (Wildman–Crippen LogP) is 2.79. The summed E-state index contributed by atoms with van der Waals surface area (Å²) in [5.41, 5.74) is 6.60. The summed E-state index contributed by atoms with van der Waals surface area (Å²) in [5, 5.41) is 13.6. The molecule has 2 rings (SSSR count). The van der Waals surface area contributed by atoms with Crippen molar-refractivity contribution < 1.29 is 9.90 Å². The minimum absolute atomic E-state index is 0.0274. The summed E-state index contributed by atoms with van der Waals surface area (Å²) < 4.78 is 0. The third-order valence-electron chi connectivity index (χ3n) is 4.63. The Hall–Kier alpha value is -1.10. The van der Waals surface area contributed by atoms with Gasteiger partial charge in [0.2, 0.25) is 5.91 Å². The first-order valence-electron chi connectivity index (χ1n) is 7.95. The van der Waals surface area contributed by atoms with Crippen LogP contribution in [0.25, 0.3) is 0 Å². The van der Waals surface area contributed by atoms with Crippen LogP contribution in [-0.4, -0.2) is 24.1 Å². The Morgan fingerprint density at radius 1 is 1.27 bits per heavy atom. The van der Waals surface area contributed by atoms with Crippen molar-refractivity contribution in [1.82, 2.24) is 5.32 Å². The molecule has 4 N–H and O–H groups in total. The number of hydrogen-bond donors (Lipinski definition) is 3. The Morgan fingerprint density at radius 2 is 1.91 bits per heavy atom. The van der Waals surface area contributed by atoms with Gasteiger partial charge in [-0.25, -0.2) is 0 Å². The van der Waals surface area contributed by atoms with E-state index in [1.807, 2.05) is 0 Å².